The zero-order chi connectivity index (χ0) is 16.0. The van der Waals surface area contributed by atoms with Crippen molar-refractivity contribution in [2.45, 2.75) is 6.92 Å². The van der Waals surface area contributed by atoms with Crippen LogP contribution in [0.5, 0.6) is 0 Å². The van der Waals surface area contributed by atoms with E-state index in [-0.39, 0.29) is 11.4 Å². The van der Waals surface area contributed by atoms with Crippen molar-refractivity contribution in [2.24, 2.45) is 0 Å². The topological polar surface area (TPSA) is 59.3 Å². The lowest BCUT2D eigenvalue weighted by molar-refractivity contribution is 0.632. The summed E-state index contributed by atoms with van der Waals surface area (Å²) in [5, 5.41) is 8.03. The second-order valence-electron chi connectivity index (χ2n) is 5.14. The summed E-state index contributed by atoms with van der Waals surface area (Å²) in [7, 11) is 0. The second kappa shape index (κ2) is 5.13. The van der Waals surface area contributed by atoms with Gasteiger partial charge in [0.25, 0.3) is 5.56 Å². The number of nitrogens with one attached hydrogen (secondary N) is 1. The lowest BCUT2D eigenvalue weighted by Crippen LogP contribution is -2.15. The molecule has 2 aromatic heterocycles. The van der Waals surface area contributed by atoms with E-state index in [1.807, 2.05) is 19.1 Å². The van der Waals surface area contributed by atoms with E-state index in [2.05, 4.69) is 15.4 Å². The first kappa shape index (κ1) is 13.8. The van der Waals surface area contributed by atoms with Gasteiger partial charge in [-0.15, -0.1) is 5.10 Å². The summed E-state index contributed by atoms with van der Waals surface area (Å²) in [5.74, 6) is -0.382. The Hall–Kier alpha value is -2.80. The van der Waals surface area contributed by atoms with E-state index in [9.17, 15) is 9.18 Å². The van der Waals surface area contributed by atoms with E-state index < -0.39 is 0 Å². The van der Waals surface area contributed by atoms with Crippen molar-refractivity contribution in [3.05, 3.63) is 64.2 Å². The van der Waals surface area contributed by atoms with Gasteiger partial charge in [0.1, 0.15) is 5.82 Å². The molecule has 0 unspecified atom stereocenters. The van der Waals surface area contributed by atoms with E-state index in [1.165, 1.54) is 21.9 Å². The average Bonchev–Trinajstić information content (AvgIpc) is 2.93. The Labute approximate surface area is 134 Å². The van der Waals surface area contributed by atoms with Gasteiger partial charge >= 0.3 is 0 Å². The highest BCUT2D eigenvalue weighted by atomic mass is 32.1. The Morgan fingerprint density at radius 3 is 2.87 bits per heavy atom. The second-order valence-corrected chi connectivity index (χ2v) is 6.10. The van der Waals surface area contributed by atoms with Crippen LogP contribution in [0, 0.1) is 12.7 Å². The molecule has 0 atom stereocenters. The summed E-state index contributed by atoms with van der Waals surface area (Å²) < 4.78 is 15.0. The molecule has 0 aliphatic heterocycles. The molecule has 0 spiro atoms. The summed E-state index contributed by atoms with van der Waals surface area (Å²) in [5.41, 5.74) is 1.68. The van der Waals surface area contributed by atoms with Crippen LogP contribution in [0.25, 0.3) is 15.9 Å². The maximum absolute atomic E-state index is 13.7. The Morgan fingerprint density at radius 2 is 2.04 bits per heavy atom. The minimum absolute atomic E-state index is 0.230. The third-order valence-corrected chi connectivity index (χ3v) is 4.29. The van der Waals surface area contributed by atoms with Gasteiger partial charge in [0.05, 0.1) is 16.6 Å². The molecular formula is C16H11FN4OS. The molecule has 7 heteroatoms. The molecule has 2 aromatic carbocycles. The van der Waals surface area contributed by atoms with Crippen LogP contribution in [-0.2, 0) is 0 Å². The number of rotatable bonds is 2. The third kappa shape index (κ3) is 2.35. The van der Waals surface area contributed by atoms with Crippen LogP contribution in [0.15, 0.2) is 47.3 Å². The molecule has 5 nitrogen and oxygen atoms in total. The van der Waals surface area contributed by atoms with Gasteiger partial charge in [-0.3, -0.25) is 4.79 Å². The van der Waals surface area contributed by atoms with Crippen molar-refractivity contribution in [2.75, 3.05) is 5.32 Å². The Bertz CT molecular complexity index is 1100. The fourth-order valence-electron chi connectivity index (χ4n) is 2.35. The Balaban J connectivity index is 1.88. The largest absolute Gasteiger partial charge is 0.328 e. The summed E-state index contributed by atoms with van der Waals surface area (Å²) >= 11 is 1.20. The molecule has 23 heavy (non-hydrogen) atoms. The molecule has 0 radical (unpaired) electrons. The molecule has 0 bridgehead atoms. The quantitative estimate of drug-likeness (QED) is 0.612. The van der Waals surface area contributed by atoms with Gasteiger partial charge in [-0.2, -0.15) is 4.52 Å². The molecule has 0 aliphatic rings. The van der Waals surface area contributed by atoms with E-state index in [0.29, 0.717) is 26.7 Å². The molecule has 1 N–H and O–H groups in total. The zero-order valence-electron chi connectivity index (χ0n) is 12.1. The van der Waals surface area contributed by atoms with Crippen molar-refractivity contribution >= 4 is 38.0 Å². The van der Waals surface area contributed by atoms with Crippen LogP contribution in [0.1, 0.15) is 5.56 Å². The van der Waals surface area contributed by atoms with Crippen molar-refractivity contribution in [3.8, 4) is 0 Å². The standard InChI is InChI=1S/C16H11FN4OS/c1-9-6-7-12-10(8-9)14(22)21-16(19-12)23-15(20-21)18-13-5-3-2-4-11(13)17/h2-8H,1H3,(H,18,20). The first-order valence-electron chi connectivity index (χ1n) is 6.93. The number of anilines is 2. The smallest absolute Gasteiger partial charge is 0.283 e. The van der Waals surface area contributed by atoms with Crippen LogP contribution < -0.4 is 10.9 Å². The molecular weight excluding hydrogens is 315 g/mol. The number of benzene rings is 2. The van der Waals surface area contributed by atoms with Crippen molar-refractivity contribution < 1.29 is 4.39 Å². The van der Waals surface area contributed by atoms with E-state index in [0.717, 1.165) is 5.56 Å². The molecule has 2 heterocycles. The molecule has 0 saturated carbocycles. The summed E-state index contributed by atoms with van der Waals surface area (Å²) in [6.07, 6.45) is 0. The third-order valence-electron chi connectivity index (χ3n) is 3.47. The van der Waals surface area contributed by atoms with Gasteiger partial charge in [0, 0.05) is 0 Å². The van der Waals surface area contributed by atoms with Crippen LogP contribution in [0.2, 0.25) is 0 Å². The van der Waals surface area contributed by atoms with Gasteiger partial charge in [0.15, 0.2) is 0 Å². The minimum atomic E-state index is -0.382. The number of fused-ring (bicyclic) bond motifs is 2. The molecule has 4 aromatic rings. The Morgan fingerprint density at radius 1 is 1.22 bits per heavy atom. The van der Waals surface area contributed by atoms with E-state index in [1.54, 1.807) is 24.3 Å². The molecule has 0 aliphatic carbocycles. The molecule has 0 fully saturated rings. The fourth-order valence-corrected chi connectivity index (χ4v) is 3.16. The van der Waals surface area contributed by atoms with Crippen LogP contribution in [-0.4, -0.2) is 14.6 Å². The first-order chi connectivity index (χ1) is 11.1. The average molecular weight is 326 g/mol. The van der Waals surface area contributed by atoms with Crippen LogP contribution >= 0.6 is 11.3 Å². The first-order valence-corrected chi connectivity index (χ1v) is 7.75. The maximum Gasteiger partial charge on any atom is 0.283 e. The highest BCUT2D eigenvalue weighted by molar-refractivity contribution is 7.20. The minimum Gasteiger partial charge on any atom is -0.328 e. The van der Waals surface area contributed by atoms with Gasteiger partial charge in [0.2, 0.25) is 10.1 Å². The number of aryl methyl sites for hydroxylation is 1. The zero-order valence-corrected chi connectivity index (χ0v) is 12.9. The highest BCUT2D eigenvalue weighted by Gasteiger charge is 2.12. The van der Waals surface area contributed by atoms with E-state index in [4.69, 9.17) is 0 Å². The number of aromatic nitrogens is 3. The lowest BCUT2D eigenvalue weighted by Gasteiger charge is -2.01. The lowest BCUT2D eigenvalue weighted by atomic mass is 10.2. The number of halogens is 1. The summed E-state index contributed by atoms with van der Waals surface area (Å²) in [6, 6.07) is 11.8. The van der Waals surface area contributed by atoms with Crippen LogP contribution in [0.4, 0.5) is 15.2 Å². The summed E-state index contributed by atoms with van der Waals surface area (Å²) in [6.45, 7) is 1.92. The molecule has 0 amide bonds. The van der Waals surface area contributed by atoms with E-state index >= 15 is 0 Å². The fraction of sp³-hybridized carbons (Fsp3) is 0.0625. The van der Waals surface area contributed by atoms with Gasteiger partial charge in [-0.1, -0.05) is 35.1 Å². The van der Waals surface area contributed by atoms with Crippen molar-refractivity contribution in [1.82, 2.24) is 14.6 Å². The maximum atomic E-state index is 13.7. The Kier molecular flexibility index (Phi) is 3.09. The number of para-hydroxylation sites is 1. The van der Waals surface area contributed by atoms with Crippen LogP contribution in [0.3, 0.4) is 0 Å². The SMILES string of the molecule is Cc1ccc2nc3sc(Nc4ccccc4F)nn3c(=O)c2c1. The van der Waals surface area contributed by atoms with Crippen molar-refractivity contribution in [3.63, 3.8) is 0 Å². The number of hydrogen-bond donors (Lipinski definition) is 1. The number of hydrogen-bond acceptors (Lipinski definition) is 5. The predicted octanol–water partition coefficient (Wildman–Crippen LogP) is 3.50. The molecule has 114 valence electrons. The normalized spacial score (nSPS) is 11.2. The highest BCUT2D eigenvalue weighted by Crippen LogP contribution is 2.24. The van der Waals surface area contributed by atoms with Gasteiger partial charge in [-0.25, -0.2) is 9.37 Å². The molecule has 4 rings (SSSR count). The predicted molar refractivity (Wildman–Crippen MR) is 89.1 cm³/mol. The number of nitrogens with zero attached hydrogens (tertiary/aromatic N) is 3. The van der Waals surface area contributed by atoms with Gasteiger partial charge < -0.3 is 5.32 Å². The van der Waals surface area contributed by atoms with Crippen molar-refractivity contribution in [1.29, 1.82) is 0 Å². The molecule has 0 saturated heterocycles. The summed E-state index contributed by atoms with van der Waals surface area (Å²) in [4.78, 5) is 17.5. The van der Waals surface area contributed by atoms with Gasteiger partial charge in [-0.05, 0) is 31.2 Å². The monoisotopic (exact) mass is 326 g/mol.